The molecule has 7 heteroatoms. The van der Waals surface area contributed by atoms with E-state index in [0.29, 0.717) is 5.69 Å². The number of nitrogens with zero attached hydrogens (tertiary/aromatic N) is 1. The smallest absolute Gasteiger partial charge is 0.319 e. The normalized spacial score (nSPS) is 15.6. The largest absolute Gasteiger partial charge is 0.534 e. The minimum atomic E-state index is -2.85. The zero-order chi connectivity index (χ0) is 32.2. The van der Waals surface area contributed by atoms with Gasteiger partial charge in [-0.05, 0) is 80.4 Å². The topological polar surface area (TPSA) is 51.6 Å². The first kappa shape index (κ1) is 32.4. The van der Waals surface area contributed by atoms with Crippen LogP contribution in [-0.2, 0) is 4.08 Å². The molecule has 0 amide bonds. The minimum absolute atomic E-state index is 0.178. The number of methoxy groups -OCH3 is 1. The highest BCUT2D eigenvalue weighted by atomic mass is 32.2. The number of aromatic nitrogens is 1. The Balaban J connectivity index is 1.46. The SMILES string of the molecule is COc1cc(O[Si](c2ccccc2)(c2ccccc2)C(C)(C)C)cc(-c2cccc(C3(C(O)c4ccccn4)SCCCS3)c2)c1. The van der Waals surface area contributed by atoms with Crippen LogP contribution in [0.3, 0.4) is 0 Å². The summed E-state index contributed by atoms with van der Waals surface area (Å²) in [6, 6.07) is 41.9. The average Bonchev–Trinajstić information content (AvgIpc) is 3.11. The molecule has 4 aromatic carbocycles. The summed E-state index contributed by atoms with van der Waals surface area (Å²) in [6.45, 7) is 6.86. The molecular formula is C39H41NO3S2Si. The molecule has 1 fully saturated rings. The summed E-state index contributed by atoms with van der Waals surface area (Å²) in [6.07, 6.45) is 2.12. The number of rotatable bonds is 9. The fraction of sp³-hybridized carbons (Fsp3) is 0.256. The van der Waals surface area contributed by atoms with Gasteiger partial charge in [0.25, 0.3) is 0 Å². The first-order valence-electron chi connectivity index (χ1n) is 15.7. The van der Waals surface area contributed by atoms with Crippen molar-refractivity contribution >= 4 is 42.2 Å². The van der Waals surface area contributed by atoms with Crippen molar-refractivity contribution < 1.29 is 14.3 Å². The third-order valence-electron chi connectivity index (χ3n) is 8.65. The van der Waals surface area contributed by atoms with E-state index in [4.69, 9.17) is 9.16 Å². The highest BCUT2D eigenvalue weighted by molar-refractivity contribution is 8.18. The van der Waals surface area contributed by atoms with Crippen LogP contribution in [0.4, 0.5) is 0 Å². The van der Waals surface area contributed by atoms with Crippen molar-refractivity contribution in [2.75, 3.05) is 18.6 Å². The van der Waals surface area contributed by atoms with Crippen LogP contribution in [-0.4, -0.2) is 37.0 Å². The molecule has 0 aliphatic carbocycles. The van der Waals surface area contributed by atoms with E-state index < -0.39 is 18.5 Å². The molecule has 1 N–H and O–H groups in total. The molecule has 0 saturated carbocycles. The lowest BCUT2D eigenvalue weighted by atomic mass is 9.98. The quantitative estimate of drug-likeness (QED) is 0.160. The third kappa shape index (κ3) is 6.26. The zero-order valence-corrected chi connectivity index (χ0v) is 29.5. The van der Waals surface area contributed by atoms with Gasteiger partial charge in [-0.2, -0.15) is 0 Å². The summed E-state index contributed by atoms with van der Waals surface area (Å²) in [7, 11) is -1.15. The fourth-order valence-electron chi connectivity index (χ4n) is 6.42. The van der Waals surface area contributed by atoms with Crippen LogP contribution < -0.4 is 19.5 Å². The van der Waals surface area contributed by atoms with Crippen molar-refractivity contribution in [3.63, 3.8) is 0 Å². The molecule has 1 saturated heterocycles. The number of aliphatic hydroxyl groups excluding tert-OH is 1. The van der Waals surface area contributed by atoms with Crippen molar-refractivity contribution in [1.29, 1.82) is 0 Å². The van der Waals surface area contributed by atoms with Crippen LogP contribution in [0.25, 0.3) is 11.1 Å². The Morgan fingerprint density at radius 3 is 1.96 bits per heavy atom. The molecule has 46 heavy (non-hydrogen) atoms. The van der Waals surface area contributed by atoms with Crippen LogP contribution in [0.1, 0.15) is 44.6 Å². The third-order valence-corrected chi connectivity index (χ3v) is 17.1. The number of pyridine rings is 1. The standard InChI is InChI=1S/C39H41NO3S2Si/c1-38(2,3)46(34-17-7-5-8-18-34,35-19-9-6-10-20-35)43-33-27-30(26-32(28-33)42-4)29-15-13-16-31(25-29)39(44-23-14-24-45-39)37(41)36-21-11-12-22-40-36/h5-13,15-22,25-28,37,41H,14,23-24H2,1-4H3. The maximum atomic E-state index is 11.8. The summed E-state index contributed by atoms with van der Waals surface area (Å²) in [5.41, 5.74) is 3.82. The van der Waals surface area contributed by atoms with Crippen LogP contribution in [0.15, 0.2) is 128 Å². The Morgan fingerprint density at radius 1 is 0.739 bits per heavy atom. The van der Waals surface area contributed by atoms with Crippen molar-refractivity contribution in [2.24, 2.45) is 0 Å². The van der Waals surface area contributed by atoms with E-state index in [1.54, 1.807) is 13.3 Å². The number of aliphatic hydroxyl groups is 1. The summed E-state index contributed by atoms with van der Waals surface area (Å²) >= 11 is 3.63. The van der Waals surface area contributed by atoms with Gasteiger partial charge in [0, 0.05) is 12.3 Å². The summed E-state index contributed by atoms with van der Waals surface area (Å²) in [5.74, 6) is 3.48. The van der Waals surface area contributed by atoms with E-state index in [0.717, 1.165) is 46.1 Å². The van der Waals surface area contributed by atoms with Gasteiger partial charge in [0.05, 0.1) is 12.8 Å². The van der Waals surface area contributed by atoms with Crippen LogP contribution in [0.2, 0.25) is 5.04 Å². The molecule has 5 aromatic rings. The molecule has 1 unspecified atom stereocenters. The highest BCUT2D eigenvalue weighted by Crippen LogP contribution is 2.57. The Labute approximate surface area is 282 Å². The van der Waals surface area contributed by atoms with Crippen molar-refractivity contribution in [3.8, 4) is 22.6 Å². The van der Waals surface area contributed by atoms with Gasteiger partial charge in [-0.3, -0.25) is 4.98 Å². The average molecular weight is 664 g/mol. The van der Waals surface area contributed by atoms with Crippen molar-refractivity contribution in [2.45, 2.75) is 42.4 Å². The second kappa shape index (κ2) is 13.7. The number of benzene rings is 4. The monoisotopic (exact) mass is 663 g/mol. The Hall–Kier alpha value is -3.49. The zero-order valence-electron chi connectivity index (χ0n) is 26.9. The van der Waals surface area contributed by atoms with E-state index in [1.165, 1.54) is 10.4 Å². The molecule has 1 aromatic heterocycles. The van der Waals surface area contributed by atoms with Gasteiger partial charge >= 0.3 is 8.32 Å². The van der Waals surface area contributed by atoms with Gasteiger partial charge in [-0.25, -0.2) is 0 Å². The molecule has 0 bridgehead atoms. The predicted octanol–water partition coefficient (Wildman–Crippen LogP) is 8.45. The van der Waals surface area contributed by atoms with E-state index in [9.17, 15) is 5.11 Å². The minimum Gasteiger partial charge on any atom is -0.534 e. The van der Waals surface area contributed by atoms with Crippen molar-refractivity contribution in [1.82, 2.24) is 4.98 Å². The highest BCUT2D eigenvalue weighted by Gasteiger charge is 2.52. The lowest BCUT2D eigenvalue weighted by Gasteiger charge is -2.43. The maximum Gasteiger partial charge on any atom is 0.319 e. The van der Waals surface area contributed by atoms with Gasteiger partial charge in [-0.15, -0.1) is 23.5 Å². The summed E-state index contributed by atoms with van der Waals surface area (Å²) < 4.78 is 12.7. The molecule has 4 nitrogen and oxygen atoms in total. The van der Waals surface area contributed by atoms with Crippen LogP contribution >= 0.6 is 23.5 Å². The van der Waals surface area contributed by atoms with E-state index in [-0.39, 0.29) is 5.04 Å². The summed E-state index contributed by atoms with van der Waals surface area (Å²) in [5, 5.41) is 14.1. The molecule has 236 valence electrons. The lowest BCUT2D eigenvalue weighted by Crippen LogP contribution is -2.68. The molecule has 1 aliphatic rings. The number of thioether (sulfide) groups is 2. The second-order valence-corrected chi connectivity index (χ2v) is 19.8. The predicted molar refractivity (Wildman–Crippen MR) is 197 cm³/mol. The van der Waals surface area contributed by atoms with Gasteiger partial charge in [0.2, 0.25) is 0 Å². The van der Waals surface area contributed by atoms with Gasteiger partial charge in [-0.1, -0.05) is 106 Å². The van der Waals surface area contributed by atoms with Gasteiger partial charge in [0.1, 0.15) is 21.7 Å². The van der Waals surface area contributed by atoms with Crippen molar-refractivity contribution in [3.05, 3.63) is 139 Å². The molecule has 0 spiro atoms. The number of hydrogen-bond acceptors (Lipinski definition) is 6. The maximum absolute atomic E-state index is 11.8. The van der Waals surface area contributed by atoms with E-state index in [2.05, 4.69) is 123 Å². The van der Waals surface area contributed by atoms with E-state index >= 15 is 0 Å². The van der Waals surface area contributed by atoms with Gasteiger partial charge < -0.3 is 14.3 Å². The Morgan fingerprint density at radius 2 is 1.37 bits per heavy atom. The van der Waals surface area contributed by atoms with Gasteiger partial charge in [0.15, 0.2) is 0 Å². The summed E-state index contributed by atoms with van der Waals surface area (Å²) in [4.78, 5) is 4.54. The Bertz CT molecular complexity index is 1700. The molecule has 2 heterocycles. The molecule has 1 atom stereocenters. The van der Waals surface area contributed by atoms with Crippen LogP contribution in [0.5, 0.6) is 11.5 Å². The molecule has 0 radical (unpaired) electrons. The number of hydrogen-bond donors (Lipinski definition) is 1. The first-order valence-corrected chi connectivity index (χ1v) is 19.6. The van der Waals surface area contributed by atoms with E-state index in [1.807, 2.05) is 47.8 Å². The molecule has 1 aliphatic heterocycles. The number of ether oxygens (including phenoxy) is 1. The fourth-order valence-corrected chi connectivity index (χ4v) is 14.2. The molecule has 6 rings (SSSR count). The second-order valence-electron chi connectivity index (χ2n) is 12.6. The first-order chi connectivity index (χ1) is 22.3. The lowest BCUT2D eigenvalue weighted by molar-refractivity contribution is 0.158. The van der Waals surface area contributed by atoms with Crippen LogP contribution in [0, 0.1) is 0 Å². The molecular weight excluding hydrogens is 623 g/mol. The Kier molecular flexibility index (Phi) is 9.66.